The molecule has 4 N–H and O–H groups in total. The van der Waals surface area contributed by atoms with Crippen molar-refractivity contribution >= 4 is 17.2 Å². The summed E-state index contributed by atoms with van der Waals surface area (Å²) < 4.78 is 20.8. The minimum Gasteiger partial charge on any atom is -0.723 e. The number of carboxylic acids is 1. The van der Waals surface area contributed by atoms with Crippen LogP contribution in [0.4, 0.5) is 0 Å². The van der Waals surface area contributed by atoms with E-state index in [1.807, 2.05) is 0 Å². The van der Waals surface area contributed by atoms with E-state index in [0.29, 0.717) is 0 Å². The zero-order chi connectivity index (χ0) is 10.5. The number of nitrogens with one attached hydrogen (secondary N) is 1. The van der Waals surface area contributed by atoms with Crippen LogP contribution >= 0.6 is 0 Å². The van der Waals surface area contributed by atoms with Gasteiger partial charge >= 0.3 is 5.97 Å². The van der Waals surface area contributed by atoms with Gasteiger partial charge in [-0.25, -0.2) is 4.21 Å². The van der Waals surface area contributed by atoms with Crippen molar-refractivity contribution in [3.8, 4) is 0 Å². The number of hydrogen-bond donors (Lipinski definition) is 3. The number of nitrogens with zero attached hydrogens (tertiary/aromatic N) is 1. The predicted molar refractivity (Wildman–Crippen MR) is 44.7 cm³/mol. The second kappa shape index (κ2) is 5.25. The molecule has 13 heavy (non-hydrogen) atoms. The fraction of sp³-hybridized carbons (Fsp3) is 0.800. The van der Waals surface area contributed by atoms with Crippen LogP contribution in [0.5, 0.6) is 0 Å². The molecule has 78 valence electrons. The molecule has 7 nitrogen and oxygen atoms in total. The SMILES string of the molecule is C[N+](CCN)(NCC(=O)O)S(=O)[O-]. The first-order chi connectivity index (χ1) is 5.92. The Balaban J connectivity index is 4.24. The van der Waals surface area contributed by atoms with E-state index in [1.54, 1.807) is 0 Å². The molecule has 0 aromatic carbocycles. The van der Waals surface area contributed by atoms with Crippen LogP contribution in [-0.2, 0) is 16.1 Å². The van der Waals surface area contributed by atoms with E-state index in [-0.39, 0.29) is 13.1 Å². The monoisotopic (exact) mass is 211 g/mol. The number of hydrogen-bond acceptors (Lipinski definition) is 5. The Morgan fingerprint density at radius 1 is 1.77 bits per heavy atom. The summed E-state index contributed by atoms with van der Waals surface area (Å²) in [7, 11) is 1.33. The minimum atomic E-state index is -2.45. The Morgan fingerprint density at radius 2 is 2.31 bits per heavy atom. The number of rotatable bonds is 6. The van der Waals surface area contributed by atoms with Gasteiger partial charge in [-0.1, -0.05) is 0 Å². The molecule has 0 saturated carbocycles. The third-order valence-corrected chi connectivity index (χ3v) is 2.42. The Labute approximate surface area is 78.5 Å². The van der Waals surface area contributed by atoms with Gasteiger partial charge in [-0.05, 0) is 0 Å². The molecule has 8 heteroatoms. The van der Waals surface area contributed by atoms with Crippen molar-refractivity contribution in [3.05, 3.63) is 0 Å². The average Bonchev–Trinajstić information content (AvgIpc) is 2.01. The maximum absolute atomic E-state index is 10.7. The van der Waals surface area contributed by atoms with Crippen molar-refractivity contribution in [2.24, 2.45) is 5.73 Å². The average molecular weight is 211 g/mol. The van der Waals surface area contributed by atoms with Crippen LogP contribution in [0.3, 0.4) is 0 Å². The van der Waals surface area contributed by atoms with Crippen molar-refractivity contribution in [3.63, 3.8) is 0 Å². The Hall–Kier alpha value is -0.540. The summed E-state index contributed by atoms with van der Waals surface area (Å²) in [5, 5.41) is 8.32. The largest absolute Gasteiger partial charge is 0.723 e. The fourth-order valence-electron chi connectivity index (χ4n) is 0.688. The summed E-state index contributed by atoms with van der Waals surface area (Å²) in [4.78, 5) is 10.2. The van der Waals surface area contributed by atoms with E-state index in [9.17, 15) is 13.6 Å². The van der Waals surface area contributed by atoms with Crippen molar-refractivity contribution in [2.45, 2.75) is 0 Å². The van der Waals surface area contributed by atoms with Crippen molar-refractivity contribution in [1.82, 2.24) is 5.43 Å². The summed E-state index contributed by atoms with van der Waals surface area (Å²) in [5.74, 6) is -1.12. The molecule has 0 aromatic heterocycles. The quantitative estimate of drug-likeness (QED) is 0.260. The Morgan fingerprint density at radius 3 is 2.62 bits per heavy atom. The van der Waals surface area contributed by atoms with E-state index in [2.05, 4.69) is 5.43 Å². The highest BCUT2D eigenvalue weighted by atomic mass is 32.2. The van der Waals surface area contributed by atoms with Gasteiger partial charge in [-0.3, -0.25) is 4.79 Å². The molecular weight excluding hydrogens is 198 g/mol. The third kappa shape index (κ3) is 4.29. The summed E-state index contributed by atoms with van der Waals surface area (Å²) in [6, 6.07) is 0. The van der Waals surface area contributed by atoms with Gasteiger partial charge in [0.25, 0.3) is 0 Å². The molecule has 0 rings (SSSR count). The lowest BCUT2D eigenvalue weighted by Crippen LogP contribution is -2.59. The van der Waals surface area contributed by atoms with Crippen LogP contribution < -0.4 is 11.2 Å². The number of likely N-dealkylation sites (N-methyl/N-ethyl adjacent to an activating group) is 1. The second-order valence-corrected chi connectivity index (χ2v) is 3.80. The topological polar surface area (TPSA) is 115 Å². The smallest absolute Gasteiger partial charge is 0.322 e. The van der Waals surface area contributed by atoms with Gasteiger partial charge in [0.1, 0.15) is 13.1 Å². The molecule has 2 unspecified atom stereocenters. The first-order valence-electron chi connectivity index (χ1n) is 3.55. The summed E-state index contributed by atoms with van der Waals surface area (Å²) in [5.41, 5.74) is 7.52. The molecule has 0 aromatic rings. The Kier molecular flexibility index (Phi) is 5.03. The minimum absolute atomic E-state index is 0.114. The van der Waals surface area contributed by atoms with Gasteiger partial charge in [-0.2, -0.15) is 4.00 Å². The molecule has 2 atom stereocenters. The number of carbonyl (C=O) groups is 1. The highest BCUT2D eigenvalue weighted by Gasteiger charge is 2.23. The third-order valence-electron chi connectivity index (χ3n) is 1.45. The zero-order valence-corrected chi connectivity index (χ0v) is 8.04. The highest BCUT2D eigenvalue weighted by Crippen LogP contribution is 1.98. The lowest BCUT2D eigenvalue weighted by Gasteiger charge is -2.32. The fourth-order valence-corrected chi connectivity index (χ4v) is 1.11. The van der Waals surface area contributed by atoms with E-state index < -0.39 is 27.8 Å². The normalized spacial score (nSPS) is 17.8. The predicted octanol–water partition coefficient (Wildman–Crippen LogP) is -2.22. The molecular formula is C5H13N3O4S. The van der Waals surface area contributed by atoms with Crippen LogP contribution in [0.15, 0.2) is 0 Å². The van der Waals surface area contributed by atoms with E-state index >= 15 is 0 Å². The van der Waals surface area contributed by atoms with E-state index in [0.717, 1.165) is 0 Å². The van der Waals surface area contributed by atoms with E-state index in [1.165, 1.54) is 7.05 Å². The van der Waals surface area contributed by atoms with Crippen molar-refractivity contribution in [1.29, 1.82) is 0 Å². The van der Waals surface area contributed by atoms with Gasteiger partial charge in [0.2, 0.25) is 0 Å². The molecule has 0 bridgehead atoms. The molecule has 0 aliphatic heterocycles. The van der Waals surface area contributed by atoms with Crippen LogP contribution in [0.2, 0.25) is 0 Å². The van der Waals surface area contributed by atoms with Crippen LogP contribution in [0.1, 0.15) is 0 Å². The first-order valence-corrected chi connectivity index (χ1v) is 4.58. The van der Waals surface area contributed by atoms with Crippen molar-refractivity contribution < 1.29 is 22.7 Å². The van der Waals surface area contributed by atoms with Gasteiger partial charge in [0, 0.05) is 6.54 Å². The second-order valence-electron chi connectivity index (χ2n) is 2.56. The molecule has 0 heterocycles. The number of carboxylic acid groups (broad SMARTS) is 1. The standard InChI is InChI=1S/C5H13N3O4S/c1-8(3-2-6,13(11)12)7-4-5(9)10/h7H,2-4,6H2,1H3,(H-,9,10,11,12). The van der Waals surface area contributed by atoms with Crippen LogP contribution in [0, 0.1) is 0 Å². The number of aliphatic carboxylic acids is 1. The molecule has 0 amide bonds. The van der Waals surface area contributed by atoms with Crippen molar-refractivity contribution in [2.75, 3.05) is 26.7 Å². The lowest BCUT2D eigenvalue weighted by molar-refractivity contribution is -0.830. The molecule has 0 fully saturated rings. The van der Waals surface area contributed by atoms with Crippen LogP contribution in [0.25, 0.3) is 0 Å². The molecule has 0 spiro atoms. The maximum atomic E-state index is 10.7. The molecule has 0 aliphatic carbocycles. The Bertz CT molecular complexity index is 212. The van der Waals surface area contributed by atoms with Gasteiger partial charge in [0.05, 0.1) is 7.05 Å². The summed E-state index contributed by atoms with van der Waals surface area (Å²) in [6.07, 6.45) is 0. The van der Waals surface area contributed by atoms with Gasteiger partial charge in [-0.15, -0.1) is 5.43 Å². The van der Waals surface area contributed by atoms with E-state index in [4.69, 9.17) is 10.8 Å². The number of quaternary nitrogens is 1. The van der Waals surface area contributed by atoms with Gasteiger partial charge in [0.15, 0.2) is 11.3 Å². The summed E-state index contributed by atoms with van der Waals surface area (Å²) >= 11 is -2.45. The maximum Gasteiger partial charge on any atom is 0.322 e. The molecule has 0 radical (unpaired) electrons. The van der Waals surface area contributed by atoms with Gasteiger partial charge < -0.3 is 15.4 Å². The summed E-state index contributed by atoms with van der Waals surface area (Å²) in [6.45, 7) is -0.162. The number of nitrogens with two attached hydrogens (primary N) is 1. The first kappa shape index (κ1) is 12.5. The zero-order valence-electron chi connectivity index (χ0n) is 7.23. The molecule has 0 aliphatic rings. The van der Waals surface area contributed by atoms with Crippen LogP contribution in [-0.4, -0.2) is 50.5 Å². The molecule has 0 saturated heterocycles. The highest BCUT2D eigenvalue weighted by molar-refractivity contribution is 7.73. The lowest BCUT2D eigenvalue weighted by atomic mass is 10.6.